The van der Waals surface area contributed by atoms with Gasteiger partial charge in [0.1, 0.15) is 18.2 Å². The summed E-state index contributed by atoms with van der Waals surface area (Å²) in [4.78, 5) is 4.91. The fourth-order valence-corrected chi connectivity index (χ4v) is 7.16. The molecular weight excluding hydrogens is 448 g/mol. The maximum Gasteiger partial charge on any atom is 0.125 e. The zero-order chi connectivity index (χ0) is 24.5. The third kappa shape index (κ3) is 3.69. The van der Waals surface area contributed by atoms with E-state index in [4.69, 9.17) is 9.41 Å². The maximum absolute atomic E-state index is 6.56. The molecule has 3 aromatic rings. The van der Waals surface area contributed by atoms with Crippen molar-refractivity contribution in [3.63, 3.8) is 0 Å². The number of hydrogen-bond acceptors (Lipinski definition) is 4. The van der Waals surface area contributed by atoms with Gasteiger partial charge in [-0.1, -0.05) is 82.8 Å². The summed E-state index contributed by atoms with van der Waals surface area (Å²) in [7, 11) is 0. The van der Waals surface area contributed by atoms with Crippen molar-refractivity contribution in [2.75, 3.05) is 6.67 Å². The number of benzene rings is 2. The van der Waals surface area contributed by atoms with E-state index in [0.717, 1.165) is 23.0 Å². The van der Waals surface area contributed by atoms with Crippen LogP contribution in [0, 0.1) is 18.8 Å². The van der Waals surface area contributed by atoms with Gasteiger partial charge in [-0.2, -0.15) is 0 Å². The average molecular weight is 483 g/mol. The van der Waals surface area contributed by atoms with Crippen molar-refractivity contribution in [1.29, 1.82) is 0 Å². The Morgan fingerprint density at radius 2 is 1.97 bits per heavy atom. The minimum atomic E-state index is 0.0531. The number of allylic oxidation sites excluding steroid dienone is 1. The van der Waals surface area contributed by atoms with Crippen LogP contribution in [0.5, 0.6) is 0 Å². The van der Waals surface area contributed by atoms with Crippen LogP contribution in [-0.2, 0) is 11.8 Å². The van der Waals surface area contributed by atoms with Crippen molar-refractivity contribution in [3.05, 3.63) is 81.8 Å². The number of rotatable bonds is 3. The van der Waals surface area contributed by atoms with Crippen LogP contribution in [0.15, 0.2) is 57.5 Å². The van der Waals surface area contributed by atoms with E-state index in [0.29, 0.717) is 12.6 Å². The molecule has 180 valence electrons. The molecule has 1 N–H and O–H groups in total. The molecule has 3 nitrogen and oxygen atoms in total. The summed E-state index contributed by atoms with van der Waals surface area (Å²) in [6.45, 7) is 14.3. The zero-order valence-corrected chi connectivity index (χ0v) is 22.3. The van der Waals surface area contributed by atoms with Gasteiger partial charge < -0.3 is 9.73 Å². The molecular formula is C31H34N2OS. The summed E-state index contributed by atoms with van der Waals surface area (Å²) < 4.78 is 6.56. The van der Waals surface area contributed by atoms with Crippen LogP contribution in [0.25, 0.3) is 22.5 Å². The molecule has 1 saturated heterocycles. The molecule has 0 spiro atoms. The number of nitrogens with zero attached hydrogens (tertiary/aromatic N) is 1. The molecule has 1 aromatic heterocycles. The van der Waals surface area contributed by atoms with Gasteiger partial charge in [-0.25, -0.2) is 0 Å². The standard InChI is InChI=1S/C31H34N2OS/c1-17(2)13-25-18(3)21-11-12-23-26-27(32-16-33-30(26)35-29(23)28(21)34-25)20-14-19-9-7-8-10-22(19)24(15-20)31(4,5)6/h7-12,14-15,17,23,29,32H,13,16H2,1-6H3. The van der Waals surface area contributed by atoms with Gasteiger partial charge >= 0.3 is 0 Å². The lowest BCUT2D eigenvalue weighted by atomic mass is 9.81. The van der Waals surface area contributed by atoms with Crippen LogP contribution in [-0.4, -0.2) is 11.7 Å². The Balaban J connectivity index is 1.49. The highest BCUT2D eigenvalue weighted by Crippen LogP contribution is 2.56. The summed E-state index contributed by atoms with van der Waals surface area (Å²) in [5, 5.41) is 7.70. The molecule has 0 saturated carbocycles. The second-order valence-electron chi connectivity index (χ2n) is 11.5. The summed E-state index contributed by atoms with van der Waals surface area (Å²) in [6, 6.07) is 13.5. The minimum absolute atomic E-state index is 0.0531. The Morgan fingerprint density at radius 1 is 1.17 bits per heavy atom. The first kappa shape index (κ1) is 22.7. The quantitative estimate of drug-likeness (QED) is 0.410. The summed E-state index contributed by atoms with van der Waals surface area (Å²) in [5.74, 6) is 3.11. The predicted octanol–water partition coefficient (Wildman–Crippen LogP) is 8.04. The lowest BCUT2D eigenvalue weighted by molar-refractivity contribution is 0.426. The number of thioether (sulfide) groups is 1. The molecule has 1 aliphatic carbocycles. The highest BCUT2D eigenvalue weighted by molar-refractivity contribution is 8.15. The molecule has 2 unspecified atom stereocenters. The molecule has 2 atom stereocenters. The molecule has 0 amide bonds. The maximum atomic E-state index is 6.56. The first-order valence-corrected chi connectivity index (χ1v) is 13.6. The number of fused-ring (bicyclic) bond motifs is 6. The monoisotopic (exact) mass is 482 g/mol. The second kappa shape index (κ2) is 8.16. The molecule has 3 aliphatic rings. The number of aliphatic imine (C=N–C) groups is 1. The molecule has 2 aliphatic heterocycles. The molecule has 0 bridgehead atoms. The molecule has 35 heavy (non-hydrogen) atoms. The first-order valence-electron chi connectivity index (χ1n) is 12.8. The molecule has 3 heterocycles. The first-order chi connectivity index (χ1) is 16.7. The third-order valence-corrected chi connectivity index (χ3v) is 8.81. The van der Waals surface area contributed by atoms with Crippen molar-refractivity contribution in [1.82, 2.24) is 5.32 Å². The lowest BCUT2D eigenvalue weighted by Gasteiger charge is -2.26. The number of nitrogens with one attached hydrogen (secondary N) is 1. The molecule has 2 aromatic carbocycles. The fourth-order valence-electron chi connectivity index (χ4n) is 5.76. The van der Waals surface area contributed by atoms with Crippen molar-refractivity contribution in [3.8, 4) is 0 Å². The van der Waals surface area contributed by atoms with Gasteiger partial charge in [-0.05, 0) is 57.9 Å². The Labute approximate surface area is 212 Å². The van der Waals surface area contributed by atoms with E-state index in [2.05, 4.69) is 95.4 Å². The van der Waals surface area contributed by atoms with Crippen molar-refractivity contribution < 1.29 is 4.42 Å². The Bertz CT molecular complexity index is 1430. The van der Waals surface area contributed by atoms with Gasteiger partial charge in [-0.15, -0.1) is 0 Å². The minimum Gasteiger partial charge on any atom is -0.464 e. The topological polar surface area (TPSA) is 37.5 Å². The fraction of sp³-hybridized carbons (Fsp3) is 0.387. The predicted molar refractivity (Wildman–Crippen MR) is 150 cm³/mol. The summed E-state index contributed by atoms with van der Waals surface area (Å²) in [6.07, 6.45) is 5.67. The molecule has 1 fully saturated rings. The Kier molecular flexibility index (Phi) is 5.30. The highest BCUT2D eigenvalue weighted by Gasteiger charge is 2.44. The third-order valence-electron chi connectivity index (χ3n) is 7.48. The van der Waals surface area contributed by atoms with E-state index in [1.54, 1.807) is 0 Å². The van der Waals surface area contributed by atoms with Crippen LogP contribution in [0.4, 0.5) is 0 Å². The SMILES string of the molecule is Cc1c(CC(C)C)oc2c1C=CC1C3=C(c4cc(C(C)(C)C)c5ccccc5c4)NCN=C3SC21. The Morgan fingerprint density at radius 3 is 2.74 bits per heavy atom. The summed E-state index contributed by atoms with van der Waals surface area (Å²) in [5.41, 5.74) is 7.83. The summed E-state index contributed by atoms with van der Waals surface area (Å²) >= 11 is 1.88. The van der Waals surface area contributed by atoms with Crippen molar-refractivity contribution >= 4 is 39.4 Å². The van der Waals surface area contributed by atoms with E-state index >= 15 is 0 Å². The lowest BCUT2D eigenvalue weighted by Crippen LogP contribution is -2.24. The zero-order valence-electron chi connectivity index (χ0n) is 21.5. The van der Waals surface area contributed by atoms with Gasteiger partial charge in [0, 0.05) is 29.2 Å². The van der Waals surface area contributed by atoms with E-state index < -0.39 is 0 Å². The van der Waals surface area contributed by atoms with Gasteiger partial charge in [-0.3, -0.25) is 4.99 Å². The largest absolute Gasteiger partial charge is 0.464 e. The van der Waals surface area contributed by atoms with E-state index in [1.807, 2.05) is 11.8 Å². The molecule has 4 heteroatoms. The van der Waals surface area contributed by atoms with E-state index in [9.17, 15) is 0 Å². The van der Waals surface area contributed by atoms with E-state index in [-0.39, 0.29) is 16.6 Å². The number of furan rings is 1. The van der Waals surface area contributed by atoms with Crippen LogP contribution in [0.2, 0.25) is 0 Å². The van der Waals surface area contributed by atoms with Gasteiger partial charge in [0.25, 0.3) is 0 Å². The van der Waals surface area contributed by atoms with Crippen molar-refractivity contribution in [2.24, 2.45) is 16.8 Å². The number of hydrogen-bond donors (Lipinski definition) is 1. The van der Waals surface area contributed by atoms with E-state index in [1.165, 1.54) is 44.3 Å². The van der Waals surface area contributed by atoms with Gasteiger partial charge in [0.2, 0.25) is 0 Å². The van der Waals surface area contributed by atoms with Crippen LogP contribution < -0.4 is 5.32 Å². The van der Waals surface area contributed by atoms with Crippen molar-refractivity contribution in [2.45, 2.75) is 58.6 Å². The van der Waals surface area contributed by atoms with Crippen LogP contribution in [0.3, 0.4) is 0 Å². The normalized spacial score (nSPS) is 21.2. The van der Waals surface area contributed by atoms with Crippen LogP contribution >= 0.6 is 11.8 Å². The smallest absolute Gasteiger partial charge is 0.125 e. The van der Waals surface area contributed by atoms with Gasteiger partial charge in [0.05, 0.1) is 10.3 Å². The van der Waals surface area contributed by atoms with Gasteiger partial charge in [0.15, 0.2) is 0 Å². The second-order valence-corrected chi connectivity index (χ2v) is 12.7. The average Bonchev–Trinajstić information content (AvgIpc) is 3.35. The Hall–Kier alpha value is -2.72. The van der Waals surface area contributed by atoms with Crippen LogP contribution in [0.1, 0.15) is 73.6 Å². The molecule has 0 radical (unpaired) electrons. The molecule has 6 rings (SSSR count). The highest BCUT2D eigenvalue weighted by atomic mass is 32.2.